The Hall–Kier alpha value is -2.20. The highest BCUT2D eigenvalue weighted by atomic mass is 15.2. The van der Waals surface area contributed by atoms with Crippen molar-refractivity contribution in [1.82, 2.24) is 20.1 Å². The quantitative estimate of drug-likeness (QED) is 0.721. The molecular formula is C16H18N4. The summed E-state index contributed by atoms with van der Waals surface area (Å²) in [5, 5.41) is 8.78. The van der Waals surface area contributed by atoms with Gasteiger partial charge in [-0.1, -0.05) is 24.3 Å². The first kappa shape index (κ1) is 12.8. The van der Waals surface area contributed by atoms with Crippen molar-refractivity contribution in [2.45, 2.75) is 13.0 Å². The fraction of sp³-hybridized carbons (Fsp3) is 0.250. The molecule has 2 aromatic heterocycles. The number of para-hydroxylation sites is 1. The molecule has 0 aliphatic rings. The lowest BCUT2D eigenvalue weighted by molar-refractivity contribution is 0.676. The van der Waals surface area contributed by atoms with Crippen molar-refractivity contribution < 1.29 is 0 Å². The molecule has 0 aliphatic heterocycles. The molecule has 3 rings (SSSR count). The average Bonchev–Trinajstić information content (AvgIpc) is 2.89. The molecule has 2 heterocycles. The molecule has 3 aromatic rings. The molecule has 0 unspecified atom stereocenters. The van der Waals surface area contributed by atoms with Crippen LogP contribution in [0.1, 0.15) is 11.3 Å². The molecule has 0 saturated carbocycles. The maximum Gasteiger partial charge on any atom is 0.0705 e. The van der Waals surface area contributed by atoms with Gasteiger partial charge in [0.25, 0.3) is 0 Å². The maximum atomic E-state index is 4.64. The zero-order valence-corrected chi connectivity index (χ0v) is 11.6. The molecule has 1 aromatic carbocycles. The van der Waals surface area contributed by atoms with Gasteiger partial charge in [-0.05, 0) is 30.7 Å². The Kier molecular flexibility index (Phi) is 3.74. The number of hydrogen-bond acceptors (Lipinski definition) is 3. The molecule has 4 nitrogen and oxygen atoms in total. The van der Waals surface area contributed by atoms with Crippen LogP contribution < -0.4 is 5.32 Å². The van der Waals surface area contributed by atoms with Crippen LogP contribution in [-0.4, -0.2) is 21.3 Å². The van der Waals surface area contributed by atoms with E-state index in [0.717, 1.165) is 30.7 Å². The van der Waals surface area contributed by atoms with Crippen LogP contribution in [0.25, 0.3) is 10.9 Å². The van der Waals surface area contributed by atoms with Crippen molar-refractivity contribution in [3.8, 4) is 0 Å². The van der Waals surface area contributed by atoms with Crippen LogP contribution >= 0.6 is 0 Å². The molecule has 0 bridgehead atoms. The van der Waals surface area contributed by atoms with Gasteiger partial charge in [0.1, 0.15) is 0 Å². The van der Waals surface area contributed by atoms with Gasteiger partial charge in [0.2, 0.25) is 0 Å². The van der Waals surface area contributed by atoms with Gasteiger partial charge in [0.05, 0.1) is 17.4 Å². The number of aromatic nitrogens is 3. The van der Waals surface area contributed by atoms with E-state index in [1.54, 1.807) is 0 Å². The third-order valence-corrected chi connectivity index (χ3v) is 3.31. The first-order valence-electron chi connectivity index (χ1n) is 6.84. The van der Waals surface area contributed by atoms with E-state index in [4.69, 9.17) is 0 Å². The van der Waals surface area contributed by atoms with Crippen LogP contribution in [0.2, 0.25) is 0 Å². The Balaban J connectivity index is 1.54. The standard InChI is InChI=1S/C16H18N4/c1-20-12-13(10-18-20)8-9-17-11-15-7-6-14-4-2-3-5-16(14)19-15/h2-7,10,12,17H,8-9,11H2,1H3. The zero-order chi connectivity index (χ0) is 13.8. The van der Waals surface area contributed by atoms with Crippen molar-refractivity contribution in [1.29, 1.82) is 0 Å². The van der Waals surface area contributed by atoms with Gasteiger partial charge in [-0.25, -0.2) is 0 Å². The number of pyridine rings is 1. The van der Waals surface area contributed by atoms with Gasteiger partial charge in [0.15, 0.2) is 0 Å². The van der Waals surface area contributed by atoms with Gasteiger partial charge < -0.3 is 5.32 Å². The summed E-state index contributed by atoms with van der Waals surface area (Å²) >= 11 is 0. The summed E-state index contributed by atoms with van der Waals surface area (Å²) in [6, 6.07) is 12.4. The summed E-state index contributed by atoms with van der Waals surface area (Å²) in [6.07, 6.45) is 4.95. The molecule has 102 valence electrons. The Morgan fingerprint density at radius 2 is 2.05 bits per heavy atom. The largest absolute Gasteiger partial charge is 0.311 e. The highest BCUT2D eigenvalue weighted by molar-refractivity contribution is 5.78. The van der Waals surface area contributed by atoms with E-state index >= 15 is 0 Å². The number of benzene rings is 1. The lowest BCUT2D eigenvalue weighted by atomic mass is 10.2. The summed E-state index contributed by atoms with van der Waals surface area (Å²) in [5.41, 5.74) is 3.39. The number of hydrogen-bond donors (Lipinski definition) is 1. The predicted octanol–water partition coefficient (Wildman–Crippen LogP) is 2.30. The van der Waals surface area contributed by atoms with E-state index in [2.05, 4.69) is 45.9 Å². The molecule has 0 aliphatic carbocycles. The van der Waals surface area contributed by atoms with Gasteiger partial charge in [-0.2, -0.15) is 5.10 Å². The van der Waals surface area contributed by atoms with E-state index in [0.29, 0.717) is 0 Å². The highest BCUT2D eigenvalue weighted by Gasteiger charge is 1.99. The van der Waals surface area contributed by atoms with Gasteiger partial charge in [-0.15, -0.1) is 0 Å². The van der Waals surface area contributed by atoms with E-state index in [9.17, 15) is 0 Å². The van der Waals surface area contributed by atoms with E-state index < -0.39 is 0 Å². The van der Waals surface area contributed by atoms with Crippen LogP contribution in [-0.2, 0) is 20.0 Å². The molecule has 20 heavy (non-hydrogen) atoms. The molecule has 0 atom stereocenters. The summed E-state index contributed by atoms with van der Waals surface area (Å²) in [6.45, 7) is 1.73. The Labute approximate surface area is 118 Å². The van der Waals surface area contributed by atoms with Gasteiger partial charge in [-0.3, -0.25) is 9.67 Å². The maximum absolute atomic E-state index is 4.64. The summed E-state index contributed by atoms with van der Waals surface area (Å²) in [7, 11) is 1.94. The van der Waals surface area contributed by atoms with E-state index in [-0.39, 0.29) is 0 Å². The minimum absolute atomic E-state index is 0.797. The first-order valence-corrected chi connectivity index (χ1v) is 6.84. The first-order chi connectivity index (χ1) is 9.81. The summed E-state index contributed by atoms with van der Waals surface area (Å²) in [4.78, 5) is 4.64. The molecule has 4 heteroatoms. The van der Waals surface area contributed by atoms with Gasteiger partial charge in [0, 0.05) is 25.2 Å². The smallest absolute Gasteiger partial charge is 0.0705 e. The lowest BCUT2D eigenvalue weighted by Crippen LogP contribution is -2.17. The Morgan fingerprint density at radius 1 is 1.15 bits per heavy atom. The van der Waals surface area contributed by atoms with Gasteiger partial charge >= 0.3 is 0 Å². The van der Waals surface area contributed by atoms with Crippen LogP contribution in [0, 0.1) is 0 Å². The summed E-state index contributed by atoms with van der Waals surface area (Å²) in [5.74, 6) is 0. The molecule has 0 amide bonds. The van der Waals surface area contributed by atoms with E-state index in [1.807, 2.05) is 30.1 Å². The molecule has 0 fully saturated rings. The average molecular weight is 266 g/mol. The zero-order valence-electron chi connectivity index (χ0n) is 11.6. The summed E-state index contributed by atoms with van der Waals surface area (Å²) < 4.78 is 1.83. The number of fused-ring (bicyclic) bond motifs is 1. The second-order valence-electron chi connectivity index (χ2n) is 4.94. The van der Waals surface area contributed by atoms with Crippen LogP contribution in [0.4, 0.5) is 0 Å². The number of nitrogens with zero attached hydrogens (tertiary/aromatic N) is 3. The SMILES string of the molecule is Cn1cc(CCNCc2ccc3ccccc3n2)cn1. The molecule has 0 saturated heterocycles. The normalized spacial score (nSPS) is 11.1. The van der Waals surface area contributed by atoms with Crippen LogP contribution in [0.5, 0.6) is 0 Å². The van der Waals surface area contributed by atoms with Crippen molar-refractivity contribution in [2.75, 3.05) is 6.54 Å². The lowest BCUT2D eigenvalue weighted by Gasteiger charge is -2.05. The second-order valence-corrected chi connectivity index (χ2v) is 4.94. The van der Waals surface area contributed by atoms with E-state index in [1.165, 1.54) is 10.9 Å². The topological polar surface area (TPSA) is 42.7 Å². The van der Waals surface area contributed by atoms with Crippen LogP contribution in [0.3, 0.4) is 0 Å². The number of nitrogens with one attached hydrogen (secondary N) is 1. The molecular weight excluding hydrogens is 248 g/mol. The number of rotatable bonds is 5. The van der Waals surface area contributed by atoms with Crippen molar-refractivity contribution in [3.05, 3.63) is 60.0 Å². The van der Waals surface area contributed by atoms with Crippen molar-refractivity contribution >= 4 is 10.9 Å². The Morgan fingerprint density at radius 3 is 2.90 bits per heavy atom. The van der Waals surface area contributed by atoms with Crippen molar-refractivity contribution in [3.63, 3.8) is 0 Å². The monoisotopic (exact) mass is 266 g/mol. The Bertz CT molecular complexity index is 702. The van der Waals surface area contributed by atoms with Crippen molar-refractivity contribution in [2.24, 2.45) is 7.05 Å². The fourth-order valence-electron chi connectivity index (χ4n) is 2.26. The third kappa shape index (κ3) is 3.03. The highest BCUT2D eigenvalue weighted by Crippen LogP contribution is 2.11. The fourth-order valence-corrected chi connectivity index (χ4v) is 2.26. The third-order valence-electron chi connectivity index (χ3n) is 3.31. The van der Waals surface area contributed by atoms with Crippen LogP contribution in [0.15, 0.2) is 48.8 Å². The molecule has 0 spiro atoms. The number of aryl methyl sites for hydroxylation is 1. The molecule has 0 radical (unpaired) electrons. The molecule has 1 N–H and O–H groups in total. The minimum Gasteiger partial charge on any atom is -0.311 e. The second kappa shape index (κ2) is 5.84. The predicted molar refractivity (Wildman–Crippen MR) is 80.4 cm³/mol. The minimum atomic E-state index is 0.797.